The van der Waals surface area contributed by atoms with Crippen molar-refractivity contribution < 1.29 is 9.53 Å². The number of nitriles is 4. The second-order valence-corrected chi connectivity index (χ2v) is 6.56. The molecule has 1 saturated carbocycles. The van der Waals surface area contributed by atoms with Crippen molar-refractivity contribution in [3.63, 3.8) is 0 Å². The van der Waals surface area contributed by atoms with Crippen molar-refractivity contribution in [3.8, 4) is 24.3 Å². The minimum absolute atomic E-state index is 0.0961. The molecule has 23 heavy (non-hydrogen) atoms. The van der Waals surface area contributed by atoms with E-state index in [1.807, 2.05) is 30.4 Å². The summed E-state index contributed by atoms with van der Waals surface area (Å²) in [5, 5.41) is 39.1. The van der Waals surface area contributed by atoms with E-state index in [2.05, 4.69) is 0 Å². The normalized spacial score (nSPS) is 42.5. The van der Waals surface area contributed by atoms with Gasteiger partial charge in [0.2, 0.25) is 0 Å². The molecule has 0 unspecified atom stereocenters. The van der Waals surface area contributed by atoms with Crippen LogP contribution in [0.3, 0.4) is 0 Å². The standard InChI is InChI=1S/C17H10N4O2/c18-6-15(7-19)10-1-3-12(16(15,8-20)9-21)17-5-14(22)23-13(17)4-2-11(10)17/h1-4,10-13H,5H2/t10-,11-,12+,13-,17-/m0/s1. The summed E-state index contributed by atoms with van der Waals surface area (Å²) in [5.74, 6) is -1.94. The summed E-state index contributed by atoms with van der Waals surface area (Å²) in [6.07, 6.45) is 6.73. The number of ether oxygens (including phenoxy) is 1. The fourth-order valence-corrected chi connectivity index (χ4v) is 5.21. The number of hydrogen-bond acceptors (Lipinski definition) is 6. The highest BCUT2D eigenvalue weighted by Gasteiger charge is 2.79. The first-order valence-corrected chi connectivity index (χ1v) is 7.27. The molecule has 110 valence electrons. The van der Waals surface area contributed by atoms with Crippen LogP contribution >= 0.6 is 0 Å². The molecule has 5 aliphatic rings. The minimum Gasteiger partial charge on any atom is -0.457 e. The lowest BCUT2D eigenvalue weighted by atomic mass is 9.37. The average molecular weight is 302 g/mol. The Balaban J connectivity index is 2.05. The fraction of sp³-hybridized carbons (Fsp3) is 0.471. The van der Waals surface area contributed by atoms with Crippen molar-refractivity contribution >= 4 is 5.97 Å². The number of carbonyl (C=O) groups excluding carboxylic acids is 1. The van der Waals surface area contributed by atoms with Crippen molar-refractivity contribution in [2.24, 2.45) is 34.0 Å². The molecule has 0 N–H and O–H groups in total. The van der Waals surface area contributed by atoms with Crippen LogP contribution in [0.25, 0.3) is 0 Å². The summed E-state index contributed by atoms with van der Waals surface area (Å²) in [6, 6.07) is 7.90. The SMILES string of the molecule is N#CC1(C#N)[C@H]2C=C[C@@H]([C@@H]3C=C[C@@H]4OC(=O)C[C@@]423)C1(C#N)C#N. The zero-order chi connectivity index (χ0) is 16.5. The van der Waals surface area contributed by atoms with Crippen molar-refractivity contribution in [1.29, 1.82) is 21.0 Å². The Bertz CT molecular complexity index is 831. The van der Waals surface area contributed by atoms with E-state index in [4.69, 9.17) is 4.74 Å². The molecule has 1 saturated heterocycles. The molecule has 6 nitrogen and oxygen atoms in total. The van der Waals surface area contributed by atoms with Gasteiger partial charge in [-0.05, 0) is 12.0 Å². The molecule has 0 aromatic carbocycles. The Labute approximate surface area is 132 Å². The van der Waals surface area contributed by atoms with Crippen LogP contribution in [0, 0.1) is 79.3 Å². The maximum atomic E-state index is 11.9. The Hall–Kier alpha value is -3.09. The summed E-state index contributed by atoms with van der Waals surface area (Å²) in [6.45, 7) is 0. The van der Waals surface area contributed by atoms with Gasteiger partial charge in [-0.25, -0.2) is 0 Å². The van der Waals surface area contributed by atoms with E-state index < -0.39 is 34.2 Å². The molecule has 2 fully saturated rings. The van der Waals surface area contributed by atoms with Gasteiger partial charge in [-0.3, -0.25) is 4.79 Å². The number of esters is 1. The van der Waals surface area contributed by atoms with E-state index in [9.17, 15) is 25.8 Å². The zero-order valence-electron chi connectivity index (χ0n) is 11.9. The van der Waals surface area contributed by atoms with E-state index in [1.54, 1.807) is 18.2 Å². The van der Waals surface area contributed by atoms with Gasteiger partial charge >= 0.3 is 5.97 Å². The molecular weight excluding hydrogens is 292 g/mol. The molecule has 4 aliphatic carbocycles. The maximum Gasteiger partial charge on any atom is 0.307 e. The number of allylic oxidation sites excluding steroid dienone is 3. The summed E-state index contributed by atoms with van der Waals surface area (Å²) in [4.78, 5) is 11.9. The van der Waals surface area contributed by atoms with Gasteiger partial charge in [0, 0.05) is 17.3 Å². The van der Waals surface area contributed by atoms with Crippen molar-refractivity contribution in [2.75, 3.05) is 0 Å². The van der Waals surface area contributed by atoms with Crippen molar-refractivity contribution in [3.05, 3.63) is 24.3 Å². The molecule has 5 atom stereocenters. The largest absolute Gasteiger partial charge is 0.457 e. The minimum atomic E-state index is -1.81. The molecule has 2 bridgehead atoms. The lowest BCUT2D eigenvalue weighted by Crippen LogP contribution is -2.65. The highest BCUT2D eigenvalue weighted by atomic mass is 16.6. The smallest absolute Gasteiger partial charge is 0.307 e. The highest BCUT2D eigenvalue weighted by molar-refractivity contribution is 5.75. The molecule has 5 rings (SSSR count). The van der Waals surface area contributed by atoms with Gasteiger partial charge in [-0.1, -0.05) is 18.2 Å². The molecule has 0 aromatic rings. The topological polar surface area (TPSA) is 121 Å². The maximum absolute atomic E-state index is 11.9. The van der Waals surface area contributed by atoms with Gasteiger partial charge in [-0.15, -0.1) is 0 Å². The number of nitrogens with zero attached hydrogens (tertiary/aromatic N) is 4. The molecule has 1 aliphatic heterocycles. The first-order chi connectivity index (χ1) is 11.1. The van der Waals surface area contributed by atoms with E-state index in [0.29, 0.717) is 0 Å². The highest BCUT2D eigenvalue weighted by Crippen LogP contribution is 2.73. The van der Waals surface area contributed by atoms with Gasteiger partial charge in [-0.2, -0.15) is 21.0 Å². The fourth-order valence-electron chi connectivity index (χ4n) is 5.21. The molecule has 1 heterocycles. The molecule has 1 spiro atoms. The van der Waals surface area contributed by atoms with Crippen molar-refractivity contribution in [2.45, 2.75) is 12.5 Å². The van der Waals surface area contributed by atoms with Gasteiger partial charge in [0.15, 0.2) is 10.8 Å². The van der Waals surface area contributed by atoms with Gasteiger partial charge in [0.1, 0.15) is 6.10 Å². The Morgan fingerprint density at radius 2 is 1.52 bits per heavy atom. The zero-order valence-corrected chi connectivity index (χ0v) is 11.9. The average Bonchev–Trinajstić information content (AvgIpc) is 3.08. The van der Waals surface area contributed by atoms with Crippen LogP contribution in [0.15, 0.2) is 24.3 Å². The lowest BCUT2D eigenvalue weighted by molar-refractivity contribution is -0.140. The van der Waals surface area contributed by atoms with Crippen LogP contribution in [0.2, 0.25) is 0 Å². The monoisotopic (exact) mass is 302 g/mol. The van der Waals surface area contributed by atoms with E-state index in [1.165, 1.54) is 0 Å². The molecule has 0 radical (unpaired) electrons. The summed E-state index contributed by atoms with van der Waals surface area (Å²) >= 11 is 0. The van der Waals surface area contributed by atoms with Crippen LogP contribution in [0.1, 0.15) is 6.42 Å². The van der Waals surface area contributed by atoms with Crippen LogP contribution in [-0.4, -0.2) is 12.1 Å². The quantitative estimate of drug-likeness (QED) is 0.492. The number of hydrogen-bond donors (Lipinski definition) is 0. The van der Waals surface area contributed by atoms with Crippen LogP contribution in [0.5, 0.6) is 0 Å². The predicted molar refractivity (Wildman–Crippen MR) is 73.0 cm³/mol. The third-order valence-corrected chi connectivity index (χ3v) is 6.12. The van der Waals surface area contributed by atoms with E-state index in [-0.39, 0.29) is 18.3 Å². The molecule has 0 aromatic heterocycles. The number of carbonyl (C=O) groups is 1. The van der Waals surface area contributed by atoms with Gasteiger partial charge in [0.25, 0.3) is 0 Å². The Kier molecular flexibility index (Phi) is 2.25. The Morgan fingerprint density at radius 3 is 2.13 bits per heavy atom. The van der Waals surface area contributed by atoms with E-state index in [0.717, 1.165) is 0 Å². The van der Waals surface area contributed by atoms with Gasteiger partial charge in [0.05, 0.1) is 30.7 Å². The third-order valence-electron chi connectivity index (χ3n) is 6.12. The molecule has 0 amide bonds. The molecular formula is C17H10N4O2. The summed E-state index contributed by atoms with van der Waals surface area (Å²) in [5.41, 5.74) is -4.31. The summed E-state index contributed by atoms with van der Waals surface area (Å²) < 4.78 is 5.37. The second-order valence-electron chi connectivity index (χ2n) is 6.56. The van der Waals surface area contributed by atoms with Crippen LogP contribution < -0.4 is 0 Å². The van der Waals surface area contributed by atoms with Crippen LogP contribution in [0.4, 0.5) is 0 Å². The van der Waals surface area contributed by atoms with Crippen molar-refractivity contribution in [1.82, 2.24) is 0 Å². The third kappa shape index (κ3) is 1.08. The first-order valence-electron chi connectivity index (χ1n) is 7.27. The van der Waals surface area contributed by atoms with Gasteiger partial charge < -0.3 is 4.74 Å². The van der Waals surface area contributed by atoms with Crippen LogP contribution in [-0.2, 0) is 9.53 Å². The second kappa shape index (κ2) is 3.81. The first kappa shape index (κ1) is 13.6. The predicted octanol–water partition coefficient (Wildman–Crippen LogP) is 1.36. The van der Waals surface area contributed by atoms with E-state index >= 15 is 0 Å². The number of rotatable bonds is 0. The number of fused-ring (bicyclic) bond motifs is 1. The summed E-state index contributed by atoms with van der Waals surface area (Å²) in [7, 11) is 0. The Morgan fingerprint density at radius 1 is 0.913 bits per heavy atom. The molecule has 6 heteroatoms. The lowest BCUT2D eigenvalue weighted by Gasteiger charge is -2.59.